The van der Waals surface area contributed by atoms with Gasteiger partial charge in [0.2, 0.25) is 0 Å². The van der Waals surface area contributed by atoms with Gasteiger partial charge < -0.3 is 0 Å². The Hall–Kier alpha value is -0.111. The van der Waals surface area contributed by atoms with Gasteiger partial charge >= 0.3 is 129 Å². The minimum absolute atomic E-state index is 0.823. The van der Waals surface area contributed by atoms with Crippen LogP contribution in [0.4, 0.5) is 5.13 Å². The molecule has 2 aliphatic rings. The summed E-state index contributed by atoms with van der Waals surface area (Å²) in [4.78, 5) is 16.2. The Balaban J connectivity index is 1.95. The van der Waals surface area contributed by atoms with E-state index >= 15 is 0 Å². The fourth-order valence-corrected chi connectivity index (χ4v) is 8.69. The zero-order valence-corrected chi connectivity index (χ0v) is 16.2. The molecule has 0 bridgehead atoms. The van der Waals surface area contributed by atoms with Crippen LogP contribution >= 0.6 is 11.3 Å². The molecule has 0 atom stereocenters. The number of fused-ring (bicyclic) bond motifs is 1. The molecule has 1 N–H and O–H groups in total. The molecule has 0 spiro atoms. The van der Waals surface area contributed by atoms with Gasteiger partial charge in [0.15, 0.2) is 0 Å². The van der Waals surface area contributed by atoms with Crippen molar-refractivity contribution in [2.45, 2.75) is 21.4 Å². The number of aromatic nitrogens is 1. The van der Waals surface area contributed by atoms with Crippen molar-refractivity contribution in [2.24, 2.45) is 0 Å². The third-order valence-electron chi connectivity index (χ3n) is 3.77. The molecule has 1 saturated heterocycles. The normalized spacial score (nSPS) is 20.4. The van der Waals surface area contributed by atoms with Gasteiger partial charge in [-0.25, -0.2) is 0 Å². The molecule has 2 aliphatic heterocycles. The second-order valence-electron chi connectivity index (χ2n) is 6.37. The topological polar surface area (TPSA) is 37.4 Å². The monoisotopic (exact) mass is 401 g/mol. The van der Waals surface area contributed by atoms with Crippen LogP contribution in [-0.2, 0) is 11.3 Å². The second kappa shape index (κ2) is 5.94. The molecule has 0 unspecified atom stereocenters. The van der Waals surface area contributed by atoms with Crippen LogP contribution in [0.1, 0.15) is 10.6 Å². The Labute approximate surface area is 129 Å². The number of hydrogen-bond acceptors (Lipinski definition) is 5. The van der Waals surface area contributed by atoms with Crippen LogP contribution in [0.25, 0.3) is 3.59 Å². The van der Waals surface area contributed by atoms with Gasteiger partial charge in [-0.05, 0) is 0 Å². The summed E-state index contributed by atoms with van der Waals surface area (Å²) in [5, 5.41) is 4.69. The minimum atomic E-state index is -2.12. The third-order valence-corrected chi connectivity index (χ3v) is 10.8. The van der Waals surface area contributed by atoms with E-state index in [1.807, 2.05) is 11.3 Å². The standard InChI is InChI=1S/C11H14N3OS.3CH3.Sn/c1-2-9-10(8-12-3-1)16-11(13-9)14-4-6-15-7-5-14;;;;/h1,12H,3-8H2;3*1H3;. The van der Waals surface area contributed by atoms with Crippen LogP contribution in [0.3, 0.4) is 0 Å². The molecule has 3 rings (SSSR count). The summed E-state index contributed by atoms with van der Waals surface area (Å²) in [6.07, 6.45) is 2.39. The summed E-state index contributed by atoms with van der Waals surface area (Å²) < 4.78 is 7.02. The van der Waals surface area contributed by atoms with Crippen molar-refractivity contribution in [2.75, 3.05) is 37.7 Å². The van der Waals surface area contributed by atoms with Crippen LogP contribution in [0.2, 0.25) is 14.8 Å². The van der Waals surface area contributed by atoms with E-state index in [4.69, 9.17) is 9.72 Å². The van der Waals surface area contributed by atoms with Crippen molar-refractivity contribution in [1.82, 2.24) is 10.3 Å². The number of nitrogens with one attached hydrogen (secondary N) is 1. The fourth-order valence-electron chi connectivity index (χ4n) is 2.68. The quantitative estimate of drug-likeness (QED) is 0.774. The molecule has 110 valence electrons. The van der Waals surface area contributed by atoms with E-state index in [-0.39, 0.29) is 0 Å². The van der Waals surface area contributed by atoms with E-state index in [1.165, 1.54) is 15.7 Å². The molecular formula is C14H23N3OSSn. The van der Waals surface area contributed by atoms with Gasteiger partial charge in [-0.1, -0.05) is 0 Å². The molecule has 6 heteroatoms. The first-order valence-corrected chi connectivity index (χ1v) is 18.1. The van der Waals surface area contributed by atoms with Gasteiger partial charge in [-0.15, -0.1) is 0 Å². The first-order valence-electron chi connectivity index (χ1n) is 7.30. The number of hydrogen-bond donors (Lipinski definition) is 1. The molecule has 0 saturated carbocycles. The Morgan fingerprint density at radius 3 is 2.75 bits per heavy atom. The predicted octanol–water partition coefficient (Wildman–Crippen LogP) is 2.34. The maximum absolute atomic E-state index is 5.44. The maximum atomic E-state index is 5.44. The van der Waals surface area contributed by atoms with E-state index in [9.17, 15) is 0 Å². The number of anilines is 1. The van der Waals surface area contributed by atoms with E-state index < -0.39 is 18.4 Å². The third kappa shape index (κ3) is 3.05. The summed E-state index contributed by atoms with van der Waals surface area (Å²) in [6, 6.07) is 0. The molecule has 1 aromatic heterocycles. The summed E-state index contributed by atoms with van der Waals surface area (Å²) in [5.41, 5.74) is 1.30. The Kier molecular flexibility index (Phi) is 4.40. The van der Waals surface area contributed by atoms with E-state index in [2.05, 4.69) is 31.1 Å². The van der Waals surface area contributed by atoms with Gasteiger partial charge in [0.25, 0.3) is 0 Å². The van der Waals surface area contributed by atoms with E-state index in [0.717, 1.165) is 39.4 Å². The number of ether oxygens (including phenoxy) is 1. The fraction of sp³-hybridized carbons (Fsp3) is 0.643. The van der Waals surface area contributed by atoms with Crippen molar-refractivity contribution < 1.29 is 4.74 Å². The molecular weight excluding hydrogens is 377 g/mol. The molecule has 1 aromatic rings. The number of thiazole rings is 1. The molecule has 3 heterocycles. The van der Waals surface area contributed by atoms with Crippen LogP contribution in [-0.4, -0.2) is 56.2 Å². The van der Waals surface area contributed by atoms with Gasteiger partial charge in [0.1, 0.15) is 0 Å². The van der Waals surface area contributed by atoms with Crippen molar-refractivity contribution in [3.05, 3.63) is 16.6 Å². The Bertz CT molecular complexity index is 515. The number of morpholine rings is 1. The summed E-state index contributed by atoms with van der Waals surface area (Å²) >= 11 is -0.252. The first kappa shape index (κ1) is 14.8. The molecule has 1 fully saturated rings. The van der Waals surface area contributed by atoms with E-state index in [0.29, 0.717) is 0 Å². The average molecular weight is 400 g/mol. The van der Waals surface area contributed by atoms with Crippen LogP contribution in [0.5, 0.6) is 0 Å². The van der Waals surface area contributed by atoms with Gasteiger partial charge in [0, 0.05) is 0 Å². The van der Waals surface area contributed by atoms with Gasteiger partial charge in [-0.2, -0.15) is 0 Å². The van der Waals surface area contributed by atoms with Crippen molar-refractivity contribution in [3.8, 4) is 0 Å². The van der Waals surface area contributed by atoms with Crippen molar-refractivity contribution in [1.29, 1.82) is 0 Å². The SMILES string of the molecule is [CH3][Sn]([CH3])([CH3])[C]1=CCNCc2sc(N3CCOCC3)nc21. The van der Waals surface area contributed by atoms with Crippen LogP contribution in [0.15, 0.2) is 6.08 Å². The van der Waals surface area contributed by atoms with Gasteiger partial charge in [-0.3, -0.25) is 0 Å². The molecule has 0 aromatic carbocycles. The van der Waals surface area contributed by atoms with Crippen LogP contribution < -0.4 is 10.2 Å². The predicted molar refractivity (Wildman–Crippen MR) is 88.2 cm³/mol. The van der Waals surface area contributed by atoms with Crippen molar-refractivity contribution >= 4 is 38.4 Å². The molecule has 0 radical (unpaired) electrons. The van der Waals surface area contributed by atoms with Crippen molar-refractivity contribution in [3.63, 3.8) is 0 Å². The number of rotatable bonds is 2. The number of nitrogens with zero attached hydrogens (tertiary/aromatic N) is 2. The zero-order valence-electron chi connectivity index (χ0n) is 12.5. The summed E-state index contributed by atoms with van der Waals surface area (Å²) in [6.45, 7) is 5.53. The molecule has 20 heavy (non-hydrogen) atoms. The second-order valence-corrected chi connectivity index (χ2v) is 21.8. The van der Waals surface area contributed by atoms with Crippen LogP contribution in [0, 0.1) is 0 Å². The summed E-state index contributed by atoms with van der Waals surface area (Å²) in [5.74, 6) is 0. The Morgan fingerprint density at radius 2 is 2.05 bits per heavy atom. The average Bonchev–Trinajstić information content (AvgIpc) is 2.72. The molecule has 0 amide bonds. The molecule has 0 aliphatic carbocycles. The molecule has 4 nitrogen and oxygen atoms in total. The summed E-state index contributed by atoms with van der Waals surface area (Å²) in [7, 11) is 0. The zero-order chi connectivity index (χ0) is 14.2. The van der Waals surface area contributed by atoms with E-state index in [1.54, 1.807) is 3.59 Å². The van der Waals surface area contributed by atoms with Gasteiger partial charge in [0.05, 0.1) is 0 Å². The first-order chi connectivity index (χ1) is 9.55. The Morgan fingerprint density at radius 1 is 1.30 bits per heavy atom.